The van der Waals surface area contributed by atoms with Gasteiger partial charge in [-0.25, -0.2) is 4.79 Å². The first-order valence-electron chi connectivity index (χ1n) is 9.47. The van der Waals surface area contributed by atoms with Gasteiger partial charge in [0.2, 0.25) is 0 Å². The second kappa shape index (κ2) is 7.87. The van der Waals surface area contributed by atoms with Gasteiger partial charge in [-0.1, -0.05) is 18.2 Å². The number of piperidine rings is 1. The summed E-state index contributed by atoms with van der Waals surface area (Å²) in [6.07, 6.45) is 8.98. The number of rotatable bonds is 4. The van der Waals surface area contributed by atoms with Gasteiger partial charge in [0.15, 0.2) is 0 Å². The van der Waals surface area contributed by atoms with Crippen LogP contribution in [0.25, 0.3) is 0 Å². The molecule has 0 radical (unpaired) electrons. The molecule has 4 rings (SSSR count). The fraction of sp³-hybridized carbons (Fsp3) is 0.429. The van der Waals surface area contributed by atoms with Crippen molar-refractivity contribution in [3.05, 3.63) is 59.4 Å². The summed E-state index contributed by atoms with van der Waals surface area (Å²) in [7, 11) is 0. The lowest BCUT2D eigenvalue weighted by molar-refractivity contribution is 0.000915. The maximum Gasteiger partial charge on any atom is 0.321 e. The Balaban J connectivity index is 1.34. The third-order valence-electron chi connectivity index (χ3n) is 5.26. The van der Waals surface area contributed by atoms with Gasteiger partial charge in [-0.15, -0.1) is 0 Å². The summed E-state index contributed by atoms with van der Waals surface area (Å²) in [5, 5.41) is 3.13. The van der Waals surface area contributed by atoms with Crippen molar-refractivity contribution in [3.63, 3.8) is 0 Å². The smallest absolute Gasteiger partial charge is 0.321 e. The molecule has 5 nitrogen and oxygen atoms in total. The molecule has 1 aromatic heterocycles. The minimum atomic E-state index is -0.0139. The monoisotopic (exact) mass is 351 g/mol. The molecular formula is C21H25N3O2. The molecule has 2 amide bonds. The van der Waals surface area contributed by atoms with Crippen molar-refractivity contribution in [1.29, 1.82) is 0 Å². The van der Waals surface area contributed by atoms with Gasteiger partial charge in [-0.05, 0) is 60.9 Å². The van der Waals surface area contributed by atoms with Crippen molar-refractivity contribution in [2.24, 2.45) is 0 Å². The molecule has 0 spiro atoms. The number of aryl methyl sites for hydroxylation is 1. The van der Waals surface area contributed by atoms with E-state index in [0.717, 1.165) is 43.5 Å². The Labute approximate surface area is 154 Å². The zero-order valence-electron chi connectivity index (χ0n) is 15.0. The molecule has 5 heteroatoms. The normalized spacial score (nSPS) is 19.2. The maximum atomic E-state index is 12.7. The molecule has 1 aromatic carbocycles. The number of hydrogen-bond acceptors (Lipinski definition) is 3. The number of amides is 2. The zero-order valence-corrected chi connectivity index (χ0v) is 15.0. The van der Waals surface area contributed by atoms with Crippen molar-refractivity contribution >= 4 is 11.7 Å². The van der Waals surface area contributed by atoms with Crippen molar-refractivity contribution in [1.82, 2.24) is 9.88 Å². The molecule has 1 aliphatic heterocycles. The Morgan fingerprint density at radius 3 is 3.08 bits per heavy atom. The summed E-state index contributed by atoms with van der Waals surface area (Å²) in [5.41, 5.74) is 4.72. The molecule has 0 saturated carbocycles. The topological polar surface area (TPSA) is 54.5 Å². The van der Waals surface area contributed by atoms with Crippen LogP contribution < -0.4 is 5.32 Å². The second-order valence-electron chi connectivity index (χ2n) is 7.11. The van der Waals surface area contributed by atoms with Gasteiger partial charge in [0.1, 0.15) is 0 Å². The molecule has 26 heavy (non-hydrogen) atoms. The van der Waals surface area contributed by atoms with Gasteiger partial charge < -0.3 is 15.0 Å². The summed E-state index contributed by atoms with van der Waals surface area (Å²) >= 11 is 0. The molecule has 0 bridgehead atoms. The summed E-state index contributed by atoms with van der Waals surface area (Å²) < 4.78 is 6.01. The van der Waals surface area contributed by atoms with E-state index in [-0.39, 0.29) is 12.1 Å². The van der Waals surface area contributed by atoms with Crippen LogP contribution in [0.3, 0.4) is 0 Å². The molecule has 1 saturated heterocycles. The van der Waals surface area contributed by atoms with E-state index in [2.05, 4.69) is 16.4 Å². The Kier molecular flexibility index (Phi) is 5.16. The lowest BCUT2D eigenvalue weighted by Crippen LogP contribution is -2.45. The molecule has 1 fully saturated rings. The minimum Gasteiger partial charge on any atom is -0.372 e. The Morgan fingerprint density at radius 2 is 2.19 bits per heavy atom. The van der Waals surface area contributed by atoms with E-state index in [1.54, 1.807) is 6.20 Å². The highest BCUT2D eigenvalue weighted by Crippen LogP contribution is 2.29. The molecular weight excluding hydrogens is 326 g/mol. The van der Waals surface area contributed by atoms with E-state index in [1.807, 2.05) is 35.4 Å². The summed E-state index contributed by atoms with van der Waals surface area (Å²) in [6, 6.07) is 10.1. The highest BCUT2D eigenvalue weighted by atomic mass is 16.5. The summed E-state index contributed by atoms with van der Waals surface area (Å²) in [5.74, 6) is 0. The number of hydrogen-bond donors (Lipinski definition) is 1. The van der Waals surface area contributed by atoms with Crippen LogP contribution in [0.15, 0.2) is 42.7 Å². The Bertz CT molecular complexity index is 763. The second-order valence-corrected chi connectivity index (χ2v) is 7.11. The zero-order chi connectivity index (χ0) is 17.8. The molecule has 1 unspecified atom stereocenters. The van der Waals surface area contributed by atoms with Gasteiger partial charge in [0.05, 0.1) is 12.7 Å². The Morgan fingerprint density at radius 1 is 1.23 bits per heavy atom. The molecule has 136 valence electrons. The van der Waals surface area contributed by atoms with Crippen LogP contribution in [-0.2, 0) is 24.2 Å². The van der Waals surface area contributed by atoms with Gasteiger partial charge in [0, 0.05) is 31.2 Å². The molecule has 1 atom stereocenters. The van der Waals surface area contributed by atoms with Gasteiger partial charge in [-0.3, -0.25) is 4.98 Å². The summed E-state index contributed by atoms with van der Waals surface area (Å²) in [4.78, 5) is 18.7. The first-order valence-corrected chi connectivity index (χ1v) is 9.47. The largest absolute Gasteiger partial charge is 0.372 e. The summed E-state index contributed by atoms with van der Waals surface area (Å²) in [6.45, 7) is 1.97. The first-order chi connectivity index (χ1) is 12.8. The fourth-order valence-corrected chi connectivity index (χ4v) is 3.89. The first kappa shape index (κ1) is 17.0. The van der Waals surface area contributed by atoms with Crippen molar-refractivity contribution in [3.8, 4) is 0 Å². The van der Waals surface area contributed by atoms with Gasteiger partial charge >= 0.3 is 6.03 Å². The van der Waals surface area contributed by atoms with E-state index in [4.69, 9.17) is 4.74 Å². The minimum absolute atomic E-state index is 0.0139. The lowest BCUT2D eigenvalue weighted by atomic mass is 10.1. The van der Waals surface area contributed by atoms with Crippen LogP contribution in [0.2, 0.25) is 0 Å². The predicted molar refractivity (Wildman–Crippen MR) is 101 cm³/mol. The number of fused-ring (bicyclic) bond motifs is 1. The number of ether oxygens (including phenoxy) is 1. The number of pyridine rings is 1. The van der Waals surface area contributed by atoms with Crippen molar-refractivity contribution < 1.29 is 9.53 Å². The number of nitrogens with zero attached hydrogens (tertiary/aromatic N) is 2. The number of likely N-dealkylation sites (tertiary alicyclic amines) is 1. The quantitative estimate of drug-likeness (QED) is 0.912. The van der Waals surface area contributed by atoms with E-state index in [1.165, 1.54) is 17.5 Å². The fourth-order valence-electron chi connectivity index (χ4n) is 3.89. The number of urea groups is 1. The molecule has 2 heterocycles. The van der Waals surface area contributed by atoms with Crippen LogP contribution in [0, 0.1) is 0 Å². The third-order valence-corrected chi connectivity index (χ3v) is 5.26. The number of benzene rings is 1. The van der Waals surface area contributed by atoms with E-state index in [9.17, 15) is 4.79 Å². The third kappa shape index (κ3) is 3.88. The van der Waals surface area contributed by atoms with Gasteiger partial charge in [0.25, 0.3) is 0 Å². The van der Waals surface area contributed by atoms with E-state index in [0.29, 0.717) is 13.2 Å². The maximum absolute atomic E-state index is 12.7. The number of nitrogens with one attached hydrogen (secondary N) is 1. The highest BCUT2D eigenvalue weighted by molar-refractivity contribution is 5.90. The van der Waals surface area contributed by atoms with Crippen LogP contribution >= 0.6 is 0 Å². The molecule has 1 aliphatic carbocycles. The van der Waals surface area contributed by atoms with Gasteiger partial charge in [-0.2, -0.15) is 0 Å². The highest BCUT2D eigenvalue weighted by Gasteiger charge is 2.25. The van der Waals surface area contributed by atoms with Crippen LogP contribution in [0.1, 0.15) is 36.0 Å². The molecule has 2 aliphatic rings. The molecule has 2 aromatic rings. The van der Waals surface area contributed by atoms with E-state index < -0.39 is 0 Å². The predicted octanol–water partition coefficient (Wildman–Crippen LogP) is 3.78. The number of aromatic nitrogens is 1. The lowest BCUT2D eigenvalue weighted by Gasteiger charge is -2.33. The average molecular weight is 351 g/mol. The number of carbonyl (C=O) groups is 1. The van der Waals surface area contributed by atoms with Crippen LogP contribution in [-0.4, -0.2) is 35.1 Å². The molecule has 1 N–H and O–H groups in total. The van der Waals surface area contributed by atoms with Crippen molar-refractivity contribution in [2.75, 3.05) is 18.4 Å². The average Bonchev–Trinajstić information content (AvgIpc) is 3.17. The van der Waals surface area contributed by atoms with E-state index >= 15 is 0 Å². The van der Waals surface area contributed by atoms with Crippen molar-refractivity contribution in [2.45, 2.75) is 44.8 Å². The van der Waals surface area contributed by atoms with Crippen LogP contribution in [0.4, 0.5) is 10.5 Å². The van der Waals surface area contributed by atoms with Crippen LogP contribution in [0.5, 0.6) is 0 Å². The number of anilines is 1. The Hall–Kier alpha value is -2.40. The SMILES string of the molecule is O=C(Nc1cccc2c1CCC2)N1CCCC(OCc2cccnc2)C1. The number of carbonyl (C=O) groups excluding carboxylic acids is 1. The standard InChI is InChI=1S/C21H25N3O2/c25-21(23-20-10-2-7-17-6-1-9-19(17)20)24-12-4-8-18(14-24)26-15-16-5-3-11-22-13-16/h2-3,5,7,10-11,13,18H,1,4,6,8-9,12,14-15H2,(H,23,25).